The van der Waals surface area contributed by atoms with Crippen LogP contribution in [0.4, 0.5) is 0 Å². The van der Waals surface area contributed by atoms with E-state index in [1.165, 1.54) is 19.3 Å². The van der Waals surface area contributed by atoms with Gasteiger partial charge in [-0.3, -0.25) is 8.42 Å². The molecule has 0 aromatic rings. The topological polar surface area (TPSA) is 60.4 Å². The molecule has 0 aromatic carbocycles. The molecule has 0 radical (unpaired) electrons. The molecule has 0 aliphatic heterocycles. The number of rotatable bonds is 9. The third kappa shape index (κ3) is 16.3. The molecule has 0 heterocycles. The number of nitrogens with zero attached hydrogens (tertiary/aromatic N) is 1. The molecule has 0 amide bonds. The van der Waals surface area contributed by atoms with Crippen molar-refractivity contribution >= 4 is 19.9 Å². The quantitative estimate of drug-likeness (QED) is 0.107. The molecule has 4 nitrogen and oxygen atoms in total. The molecule has 0 saturated heterocycles. The summed E-state index contributed by atoms with van der Waals surface area (Å²) in [6, 6.07) is 0. The second-order valence-electron chi connectivity index (χ2n) is 4.18. The molecule has 0 saturated carbocycles. The van der Waals surface area contributed by atoms with Crippen molar-refractivity contribution in [3.05, 3.63) is 0 Å². The first-order valence-corrected chi connectivity index (χ1v) is 8.69. The number of unbranched alkanes of at least 4 members (excludes halogenated alkanes) is 4. The smallest absolute Gasteiger partial charge is 0.766 e. The van der Waals surface area contributed by atoms with Crippen molar-refractivity contribution in [1.82, 2.24) is 4.90 Å². The Kier molecular flexibility index (Phi) is 19.8. The van der Waals surface area contributed by atoms with Crippen LogP contribution in [0.3, 0.4) is 0 Å². The van der Waals surface area contributed by atoms with Crippen molar-refractivity contribution in [2.24, 2.45) is 0 Å². The Morgan fingerprint density at radius 1 is 1.11 bits per heavy atom. The molecule has 0 aliphatic rings. The van der Waals surface area contributed by atoms with Crippen molar-refractivity contribution in [1.29, 1.82) is 0 Å². The summed E-state index contributed by atoms with van der Waals surface area (Å²) in [6.45, 7) is 2.16. The molecule has 1 atom stereocenters. The molecule has 0 fully saturated rings. The van der Waals surface area contributed by atoms with Gasteiger partial charge in [-0.1, -0.05) is 50.8 Å². The van der Waals surface area contributed by atoms with E-state index in [1.807, 2.05) is 19.0 Å². The van der Waals surface area contributed by atoms with Crippen LogP contribution in [0.25, 0.3) is 0 Å². The fourth-order valence-corrected chi connectivity index (χ4v) is 4.04. The van der Waals surface area contributed by atoms with Gasteiger partial charge in [0.05, 0.1) is 0 Å². The standard InChI is InChI=1S/C10H24NO3S2.2Na/c1-4-5-6-7-8-9-10(11(2)3)15-16(12,13)14;;/h10,15H,4-9H2,1-3H3,(H,12,13,14);;/q-1;2*+1/p-1. The molecule has 0 aliphatic carbocycles. The van der Waals surface area contributed by atoms with E-state index in [1.54, 1.807) is 0 Å². The zero-order valence-electron chi connectivity index (χ0n) is 12.3. The molecular formula is C10H23NNa2O3S2. The van der Waals surface area contributed by atoms with Gasteiger partial charge >= 0.3 is 59.1 Å². The fraction of sp³-hybridized carbons (Fsp3) is 1.00. The molecule has 18 heavy (non-hydrogen) atoms. The van der Waals surface area contributed by atoms with Gasteiger partial charge < -0.3 is 20.2 Å². The van der Waals surface area contributed by atoms with E-state index in [4.69, 9.17) is 0 Å². The van der Waals surface area contributed by atoms with Crippen molar-refractivity contribution in [2.45, 2.75) is 50.8 Å². The van der Waals surface area contributed by atoms with Gasteiger partial charge in [0.15, 0.2) is 0 Å². The molecular weight excluding hydrogens is 292 g/mol. The SMILES string of the molecule is CCCCCCCC([SH-]S(=O)(=O)[O-])N(C)C.[Na+].[Na+]. The molecule has 100 valence electrons. The Morgan fingerprint density at radius 2 is 1.61 bits per heavy atom. The Hall–Kier alpha value is 2.22. The van der Waals surface area contributed by atoms with Crippen molar-refractivity contribution in [3.8, 4) is 0 Å². The van der Waals surface area contributed by atoms with Gasteiger partial charge in [0.25, 0.3) is 0 Å². The van der Waals surface area contributed by atoms with Gasteiger partial charge in [-0.2, -0.15) is 0 Å². The van der Waals surface area contributed by atoms with E-state index in [0.717, 1.165) is 19.3 Å². The Morgan fingerprint density at radius 3 is 2.00 bits per heavy atom. The predicted molar refractivity (Wildman–Crippen MR) is 69.3 cm³/mol. The maximum Gasteiger partial charge on any atom is 1.00 e. The monoisotopic (exact) mass is 315 g/mol. The van der Waals surface area contributed by atoms with E-state index in [2.05, 4.69) is 6.92 Å². The third-order valence-corrected chi connectivity index (χ3v) is 5.14. The first-order chi connectivity index (χ1) is 7.37. The normalized spacial score (nSPS) is 12.9. The Balaban J connectivity index is -0.00000112. The van der Waals surface area contributed by atoms with E-state index in [9.17, 15) is 13.0 Å². The summed E-state index contributed by atoms with van der Waals surface area (Å²) in [5.41, 5.74) is 0. The largest absolute Gasteiger partial charge is 1.00 e. The molecule has 0 bridgehead atoms. The Bertz CT molecular complexity index is 274. The number of hydrogen-bond donors (Lipinski definition) is 0. The summed E-state index contributed by atoms with van der Waals surface area (Å²) in [5, 5.41) is -0.163. The molecule has 0 rings (SSSR count). The minimum atomic E-state index is -4.14. The van der Waals surface area contributed by atoms with Crippen molar-refractivity contribution < 1.29 is 72.1 Å². The number of thiol groups is 1. The maximum absolute atomic E-state index is 10.7. The zero-order chi connectivity index (χ0) is 12.6. The maximum atomic E-state index is 10.7. The van der Waals surface area contributed by atoms with Crippen LogP contribution in [0, 0.1) is 0 Å². The van der Waals surface area contributed by atoms with Crippen LogP contribution in [0.1, 0.15) is 45.4 Å². The first kappa shape index (κ1) is 25.2. The average Bonchev–Trinajstić information content (AvgIpc) is 2.13. The molecule has 8 heteroatoms. The predicted octanol–water partition coefficient (Wildman–Crippen LogP) is -4.48. The molecule has 0 spiro atoms. The van der Waals surface area contributed by atoms with Crippen LogP contribution in [0.5, 0.6) is 0 Å². The van der Waals surface area contributed by atoms with Crippen LogP contribution in [0.15, 0.2) is 0 Å². The van der Waals surface area contributed by atoms with Crippen LogP contribution < -0.4 is 59.1 Å². The second-order valence-corrected chi connectivity index (χ2v) is 7.82. The summed E-state index contributed by atoms with van der Waals surface area (Å²) in [4.78, 5) is 1.82. The van der Waals surface area contributed by atoms with Gasteiger partial charge in [-0.15, -0.1) is 0 Å². The Labute approximate surface area is 160 Å². The van der Waals surface area contributed by atoms with Gasteiger partial charge in [0.1, 0.15) is 0 Å². The summed E-state index contributed by atoms with van der Waals surface area (Å²) in [7, 11) is -0.514. The summed E-state index contributed by atoms with van der Waals surface area (Å²) in [5.74, 6) is 0. The van der Waals surface area contributed by atoms with Crippen molar-refractivity contribution in [3.63, 3.8) is 0 Å². The molecule has 1 unspecified atom stereocenters. The first-order valence-electron chi connectivity index (χ1n) is 5.71. The summed E-state index contributed by atoms with van der Waals surface area (Å²) >= 11 is 0. The van der Waals surface area contributed by atoms with E-state index in [0.29, 0.717) is 0 Å². The van der Waals surface area contributed by atoms with Gasteiger partial charge in [0.2, 0.25) is 0 Å². The van der Waals surface area contributed by atoms with E-state index < -0.39 is 9.15 Å². The van der Waals surface area contributed by atoms with Crippen LogP contribution in [-0.4, -0.2) is 37.3 Å². The minimum absolute atomic E-state index is 0. The van der Waals surface area contributed by atoms with Crippen LogP contribution in [0.2, 0.25) is 0 Å². The van der Waals surface area contributed by atoms with Crippen LogP contribution >= 0.6 is 0 Å². The van der Waals surface area contributed by atoms with Crippen LogP contribution in [-0.2, 0) is 19.9 Å². The summed E-state index contributed by atoms with van der Waals surface area (Å²) in [6.07, 6.45) is 6.50. The van der Waals surface area contributed by atoms with Gasteiger partial charge in [0, 0.05) is 9.15 Å². The van der Waals surface area contributed by atoms with Crippen molar-refractivity contribution in [2.75, 3.05) is 14.1 Å². The zero-order valence-corrected chi connectivity index (χ0v) is 18.1. The second kappa shape index (κ2) is 14.2. The summed E-state index contributed by atoms with van der Waals surface area (Å²) < 4.78 is 32.1. The van der Waals surface area contributed by atoms with Gasteiger partial charge in [-0.25, -0.2) is 0 Å². The van der Waals surface area contributed by atoms with E-state index >= 15 is 0 Å². The minimum Gasteiger partial charge on any atom is -0.766 e. The van der Waals surface area contributed by atoms with Gasteiger partial charge in [-0.05, 0) is 14.1 Å². The molecule has 0 aromatic heterocycles. The fourth-order valence-electron chi connectivity index (χ4n) is 1.48. The van der Waals surface area contributed by atoms with E-state index in [-0.39, 0.29) is 75.3 Å². The average molecular weight is 315 g/mol. The number of hydrogen-bond acceptors (Lipinski definition) is 5. The molecule has 0 N–H and O–H groups in total. The third-order valence-electron chi connectivity index (χ3n) is 2.41.